The maximum absolute atomic E-state index is 12.7. The second kappa shape index (κ2) is 9.43. The smallest absolute Gasteiger partial charge is 0.353 e. The van der Waals surface area contributed by atoms with Crippen molar-refractivity contribution in [3.8, 4) is 0 Å². The van der Waals surface area contributed by atoms with Crippen LogP contribution in [-0.4, -0.2) is 75.3 Å². The summed E-state index contributed by atoms with van der Waals surface area (Å²) in [5.74, 6) is 2.60. The summed E-state index contributed by atoms with van der Waals surface area (Å²) < 4.78 is 0. The highest BCUT2D eigenvalue weighted by Crippen LogP contribution is 2.39. The van der Waals surface area contributed by atoms with Crippen molar-refractivity contribution < 1.29 is 24.3 Å². The fraction of sp³-hybridized carbons (Fsp3) is 0.267. The molecule has 2 aliphatic heterocycles. The van der Waals surface area contributed by atoms with Gasteiger partial charge in [-0.2, -0.15) is 10.2 Å². The summed E-state index contributed by atoms with van der Waals surface area (Å²) in [6, 6.07) is -0.953. The maximum Gasteiger partial charge on any atom is 0.353 e. The van der Waals surface area contributed by atoms with E-state index in [9.17, 15) is 19.5 Å². The number of thioether (sulfide) groups is 1. The lowest BCUT2D eigenvalue weighted by Crippen LogP contribution is -2.71. The number of carboxylic acid groups (broad SMARTS) is 1. The number of aliphatic carboxylic acids is 1. The van der Waals surface area contributed by atoms with E-state index in [1.807, 2.05) is 0 Å². The minimum absolute atomic E-state index is 0.156. The third-order valence-electron chi connectivity index (χ3n) is 4.08. The van der Waals surface area contributed by atoms with Crippen molar-refractivity contribution >= 4 is 64.3 Å². The summed E-state index contributed by atoms with van der Waals surface area (Å²) in [4.78, 5) is 46.9. The molecular formula is C15H17N9O5S2. The summed E-state index contributed by atoms with van der Waals surface area (Å²) in [7, 11) is 1.26. The fourth-order valence-corrected chi connectivity index (χ4v) is 4.67. The van der Waals surface area contributed by atoms with Crippen LogP contribution >= 0.6 is 23.1 Å². The van der Waals surface area contributed by atoms with E-state index >= 15 is 0 Å². The number of nitrogens with one attached hydrogen (secondary N) is 2. The zero-order valence-corrected chi connectivity index (χ0v) is 17.5. The van der Waals surface area contributed by atoms with E-state index < -0.39 is 29.2 Å². The first-order valence-electron chi connectivity index (χ1n) is 8.43. The first kappa shape index (κ1) is 22.0. The van der Waals surface area contributed by atoms with Crippen LogP contribution in [0.4, 0.5) is 5.13 Å². The normalized spacial score (nSPS) is 21.3. The van der Waals surface area contributed by atoms with E-state index in [1.54, 1.807) is 0 Å². The van der Waals surface area contributed by atoms with Crippen molar-refractivity contribution in [2.24, 2.45) is 21.2 Å². The molecule has 1 saturated heterocycles. The largest absolute Gasteiger partial charge is 0.477 e. The Morgan fingerprint density at radius 1 is 1.48 bits per heavy atom. The predicted octanol–water partition coefficient (Wildman–Crippen LogP) is -1.71. The summed E-state index contributed by atoms with van der Waals surface area (Å²) >= 11 is 2.39. The number of nitrogen functional groups attached to an aromatic ring is 1. The van der Waals surface area contributed by atoms with E-state index in [0.29, 0.717) is 5.57 Å². The number of aromatic nitrogens is 1. The molecule has 164 valence electrons. The number of nitrogens with zero attached hydrogens (tertiary/aromatic N) is 5. The number of carbonyl (C=O) groups is 3. The van der Waals surface area contributed by atoms with Crippen molar-refractivity contribution in [3.05, 3.63) is 22.3 Å². The molecule has 2 aliphatic rings. The Balaban J connectivity index is 1.77. The predicted molar refractivity (Wildman–Crippen MR) is 114 cm³/mol. The van der Waals surface area contributed by atoms with Gasteiger partial charge in [0.25, 0.3) is 11.8 Å². The molecule has 0 spiro atoms. The molecule has 0 radical (unpaired) electrons. The third kappa shape index (κ3) is 4.43. The highest BCUT2D eigenvalue weighted by molar-refractivity contribution is 8.00. The van der Waals surface area contributed by atoms with Crippen molar-refractivity contribution in [1.82, 2.24) is 20.6 Å². The first-order valence-corrected chi connectivity index (χ1v) is 10.4. The minimum atomic E-state index is -1.29. The molecule has 3 heterocycles. The van der Waals surface area contributed by atoms with Gasteiger partial charge < -0.3 is 26.8 Å². The lowest BCUT2D eigenvalue weighted by atomic mass is 10.0. The van der Waals surface area contributed by atoms with E-state index in [2.05, 4.69) is 31.1 Å². The lowest BCUT2D eigenvalue weighted by Gasteiger charge is -2.49. The standard InChI is InChI=1S/C15H17N9O5S2/c1-29-23-8(7-4-31-15(16)21-7)11(25)22-9-12(26)24-10(14(27)28)6(3-30-13(9)24)2-19-20-5-18-17/h2,4-5,9,13H,3,17H2,1H3,(H2,16,21)(H,18,20)(H,22,25)(H,27,28)/t9?,13-/m0/s1. The van der Waals surface area contributed by atoms with Gasteiger partial charge in [0, 0.05) is 16.7 Å². The van der Waals surface area contributed by atoms with E-state index in [1.165, 1.54) is 30.5 Å². The van der Waals surface area contributed by atoms with Crippen molar-refractivity contribution in [3.63, 3.8) is 0 Å². The molecule has 0 saturated carbocycles. The lowest BCUT2D eigenvalue weighted by molar-refractivity contribution is -0.150. The fourth-order valence-electron chi connectivity index (χ4n) is 2.83. The van der Waals surface area contributed by atoms with Crippen LogP contribution in [0.3, 0.4) is 0 Å². The maximum atomic E-state index is 12.7. The molecule has 1 aromatic rings. The topological polar surface area (TPSA) is 210 Å². The molecule has 0 aliphatic carbocycles. The molecule has 16 heteroatoms. The van der Waals surface area contributed by atoms with Gasteiger partial charge in [-0.3, -0.25) is 19.9 Å². The molecule has 0 aromatic carbocycles. The molecule has 0 bridgehead atoms. The molecule has 31 heavy (non-hydrogen) atoms. The number of thiazole rings is 1. The van der Waals surface area contributed by atoms with Crippen LogP contribution in [0, 0.1) is 0 Å². The molecule has 1 fully saturated rings. The van der Waals surface area contributed by atoms with Crippen LogP contribution in [0.15, 0.2) is 32.0 Å². The highest BCUT2D eigenvalue weighted by atomic mass is 32.2. The Morgan fingerprint density at radius 2 is 2.26 bits per heavy atom. The Labute approximate surface area is 183 Å². The number of hydrogen-bond acceptors (Lipinski definition) is 12. The Morgan fingerprint density at radius 3 is 2.87 bits per heavy atom. The molecule has 1 unspecified atom stereocenters. The molecule has 7 N–H and O–H groups in total. The molecule has 14 nitrogen and oxygen atoms in total. The molecule has 2 atom stereocenters. The van der Waals surface area contributed by atoms with Gasteiger partial charge in [-0.1, -0.05) is 5.16 Å². The monoisotopic (exact) mass is 467 g/mol. The number of carboxylic acids is 1. The van der Waals surface area contributed by atoms with Gasteiger partial charge in [0.05, 0.1) is 6.21 Å². The minimum Gasteiger partial charge on any atom is -0.477 e. The third-order valence-corrected chi connectivity index (χ3v) is 6.05. The number of β-lactam (4-membered cyclic amide) rings is 1. The van der Waals surface area contributed by atoms with Gasteiger partial charge in [-0.25, -0.2) is 9.78 Å². The summed E-state index contributed by atoms with van der Waals surface area (Å²) in [6.45, 7) is 0. The molecule has 1 aromatic heterocycles. The molecular weight excluding hydrogens is 450 g/mol. The van der Waals surface area contributed by atoms with Gasteiger partial charge in [0.15, 0.2) is 10.8 Å². The Kier molecular flexibility index (Phi) is 6.71. The number of hydrogen-bond donors (Lipinski definition) is 5. The SMILES string of the molecule is CON=C(C(=O)NC1C(=O)N2C(C(=O)O)=C(C=NNC=NN)CS[C@@H]12)c1csc(N)n1. The summed E-state index contributed by atoms with van der Waals surface area (Å²) in [5, 5.41) is 23.9. The van der Waals surface area contributed by atoms with Crippen LogP contribution < -0.4 is 22.3 Å². The Bertz CT molecular complexity index is 1020. The number of nitrogens with two attached hydrogens (primary N) is 2. The second-order valence-electron chi connectivity index (χ2n) is 5.90. The number of amides is 2. The van der Waals surface area contributed by atoms with Crippen LogP contribution in [-0.2, 0) is 19.2 Å². The summed E-state index contributed by atoms with van der Waals surface area (Å²) in [6.07, 6.45) is 2.37. The van der Waals surface area contributed by atoms with Gasteiger partial charge in [-0.05, 0) is 0 Å². The van der Waals surface area contributed by atoms with Gasteiger partial charge in [0.2, 0.25) is 0 Å². The number of fused-ring (bicyclic) bond motifs is 1. The van der Waals surface area contributed by atoms with E-state index in [0.717, 1.165) is 22.6 Å². The number of hydrazone groups is 2. The number of anilines is 1. The van der Waals surface area contributed by atoms with Gasteiger partial charge >= 0.3 is 5.97 Å². The van der Waals surface area contributed by atoms with Crippen molar-refractivity contribution in [2.75, 3.05) is 18.6 Å². The van der Waals surface area contributed by atoms with Crippen LogP contribution in [0.2, 0.25) is 0 Å². The van der Waals surface area contributed by atoms with Crippen molar-refractivity contribution in [2.45, 2.75) is 11.4 Å². The van der Waals surface area contributed by atoms with Crippen LogP contribution in [0.25, 0.3) is 0 Å². The average molecular weight is 467 g/mol. The molecule has 2 amide bonds. The summed E-state index contributed by atoms with van der Waals surface area (Å²) in [5.41, 5.74) is 8.12. The van der Waals surface area contributed by atoms with Crippen LogP contribution in [0.1, 0.15) is 5.69 Å². The second-order valence-corrected chi connectivity index (χ2v) is 7.89. The average Bonchev–Trinajstić information content (AvgIpc) is 3.18. The van der Waals surface area contributed by atoms with Gasteiger partial charge in [-0.15, -0.1) is 23.1 Å². The van der Waals surface area contributed by atoms with Crippen molar-refractivity contribution in [1.29, 1.82) is 0 Å². The van der Waals surface area contributed by atoms with Crippen LogP contribution in [0.5, 0.6) is 0 Å². The quantitative estimate of drug-likeness (QED) is 0.0960. The number of oxime groups is 1. The zero-order valence-electron chi connectivity index (χ0n) is 15.9. The highest BCUT2D eigenvalue weighted by Gasteiger charge is 2.54. The van der Waals surface area contributed by atoms with Gasteiger partial charge in [0.1, 0.15) is 36.3 Å². The van der Waals surface area contributed by atoms with E-state index in [4.69, 9.17) is 16.4 Å². The Hall–Kier alpha value is -3.66. The first-order chi connectivity index (χ1) is 14.9. The van der Waals surface area contributed by atoms with E-state index in [-0.39, 0.29) is 28.0 Å². The number of rotatable bonds is 8. The molecule has 3 rings (SSSR count). The number of carbonyl (C=O) groups excluding carboxylic acids is 2. The zero-order chi connectivity index (χ0) is 22.5.